The van der Waals surface area contributed by atoms with Crippen molar-refractivity contribution in [3.05, 3.63) is 116 Å². The molecule has 0 fully saturated rings. The molecule has 1 atom stereocenters. The van der Waals surface area contributed by atoms with Gasteiger partial charge in [0.15, 0.2) is 11.6 Å². The summed E-state index contributed by atoms with van der Waals surface area (Å²) in [6, 6.07) is 29.5. The van der Waals surface area contributed by atoms with Gasteiger partial charge >= 0.3 is 5.12 Å². The van der Waals surface area contributed by atoms with Crippen molar-refractivity contribution in [2.75, 3.05) is 14.7 Å². The summed E-state index contributed by atoms with van der Waals surface area (Å²) in [6.07, 6.45) is 6.53. The van der Waals surface area contributed by atoms with Crippen LogP contribution in [0, 0.1) is 0 Å². The van der Waals surface area contributed by atoms with E-state index in [0.717, 1.165) is 17.1 Å². The molecule has 0 saturated heterocycles. The average molecular weight is 490 g/mol. The Morgan fingerprint density at radius 3 is 1.31 bits per heavy atom. The van der Waals surface area contributed by atoms with Crippen LogP contribution in [0.25, 0.3) is 0 Å². The van der Waals surface area contributed by atoms with Gasteiger partial charge in [0.1, 0.15) is 0 Å². The molecule has 2 aliphatic heterocycles. The quantitative estimate of drug-likeness (QED) is 0.323. The van der Waals surface area contributed by atoms with Gasteiger partial charge in [-0.3, -0.25) is 0 Å². The van der Waals surface area contributed by atoms with Crippen LogP contribution in [-0.4, -0.2) is 29.6 Å². The molecule has 1 unspecified atom stereocenters. The highest BCUT2D eigenvalue weighted by Gasteiger charge is 2.72. The van der Waals surface area contributed by atoms with E-state index in [9.17, 15) is 4.55 Å². The van der Waals surface area contributed by atoms with E-state index in [0.29, 0.717) is 22.5 Å². The fourth-order valence-corrected chi connectivity index (χ4v) is 6.73. The Labute approximate surface area is 210 Å². The Hall–Kier alpha value is -4.47. The zero-order valence-electron chi connectivity index (χ0n) is 18.9. The van der Waals surface area contributed by atoms with Gasteiger partial charge in [0.2, 0.25) is 5.82 Å². The number of anilines is 6. The molecule has 1 spiro atoms. The van der Waals surface area contributed by atoms with Crippen molar-refractivity contribution in [1.82, 2.24) is 19.9 Å². The van der Waals surface area contributed by atoms with Crippen LogP contribution in [-0.2, 0) is 11.2 Å². The largest absolute Gasteiger partial charge is 0.605 e. The summed E-state index contributed by atoms with van der Waals surface area (Å²) in [5.74, 6) is 1.71. The third kappa shape index (κ3) is 2.75. The summed E-state index contributed by atoms with van der Waals surface area (Å²) in [6.45, 7) is 0. The summed E-state index contributed by atoms with van der Waals surface area (Å²) in [5.41, 5.74) is 2.46. The molecule has 8 nitrogen and oxygen atoms in total. The number of aromatic nitrogens is 4. The van der Waals surface area contributed by atoms with E-state index in [4.69, 9.17) is 9.97 Å². The van der Waals surface area contributed by atoms with Crippen LogP contribution in [0.5, 0.6) is 0 Å². The molecule has 0 radical (unpaired) electrons. The minimum Gasteiger partial charge on any atom is -0.605 e. The Morgan fingerprint density at radius 1 is 0.500 bits per heavy atom. The molecule has 0 bridgehead atoms. The van der Waals surface area contributed by atoms with Crippen molar-refractivity contribution in [1.29, 1.82) is 0 Å². The first-order valence-electron chi connectivity index (χ1n) is 11.4. The van der Waals surface area contributed by atoms with E-state index in [1.54, 1.807) is 24.8 Å². The summed E-state index contributed by atoms with van der Waals surface area (Å²) in [4.78, 5) is 24.7. The molecule has 2 aromatic heterocycles. The van der Waals surface area contributed by atoms with Gasteiger partial charge in [-0.1, -0.05) is 54.6 Å². The predicted octanol–water partition coefficient (Wildman–Crippen LogP) is 5.13. The first-order valence-corrected chi connectivity index (χ1v) is 12.6. The van der Waals surface area contributed by atoms with E-state index >= 15 is 0 Å². The number of fused-ring (bicyclic) bond motifs is 2. The summed E-state index contributed by atoms with van der Waals surface area (Å²) in [5, 5.41) is -0.951. The predicted molar refractivity (Wildman–Crippen MR) is 139 cm³/mol. The summed E-state index contributed by atoms with van der Waals surface area (Å²) in [7, 11) is 0. The highest BCUT2D eigenvalue weighted by molar-refractivity contribution is 7.93. The van der Waals surface area contributed by atoms with Crippen LogP contribution in [0.4, 0.5) is 34.5 Å². The SMILES string of the molecule is [O-][S+]1c2nccnc2N(c2ccccc2)C12N(c1ccccc1)c1nccnc1N2c1ccccc1. The molecule has 5 aromatic rings. The van der Waals surface area contributed by atoms with Gasteiger partial charge < -0.3 is 4.55 Å². The lowest BCUT2D eigenvalue weighted by atomic mass is 10.2. The van der Waals surface area contributed by atoms with Gasteiger partial charge in [0, 0.05) is 18.6 Å². The standard InChI is InChI=1S/C27H19N7OS/c35-36-26-25(30-18-19-31-26)34(22-14-8-3-9-15-22)27(36)32(20-10-4-1-5-11-20)23-24(29-17-16-28-23)33(27)21-12-6-2-7-13-21/h1-19H. The van der Waals surface area contributed by atoms with Crippen LogP contribution < -0.4 is 14.7 Å². The average Bonchev–Trinajstić information content (AvgIpc) is 3.39. The number of hydrogen-bond acceptors (Lipinski definition) is 8. The zero-order valence-corrected chi connectivity index (χ0v) is 19.7. The second-order valence-electron chi connectivity index (χ2n) is 8.24. The molecule has 0 N–H and O–H groups in total. The van der Waals surface area contributed by atoms with Crippen molar-refractivity contribution in [2.24, 2.45) is 0 Å². The molecular weight excluding hydrogens is 470 g/mol. The smallest absolute Gasteiger partial charge is 0.386 e. The first kappa shape index (κ1) is 20.9. The molecule has 9 heteroatoms. The summed E-state index contributed by atoms with van der Waals surface area (Å²) < 4.78 is 14.9. The Kier molecular flexibility index (Phi) is 4.66. The van der Waals surface area contributed by atoms with Crippen molar-refractivity contribution in [3.63, 3.8) is 0 Å². The highest BCUT2D eigenvalue weighted by Crippen LogP contribution is 2.61. The van der Waals surface area contributed by atoms with Crippen LogP contribution in [0.1, 0.15) is 0 Å². The molecule has 4 heterocycles. The maximum atomic E-state index is 14.9. The van der Waals surface area contributed by atoms with Crippen LogP contribution in [0.15, 0.2) is 121 Å². The number of nitrogens with zero attached hydrogens (tertiary/aromatic N) is 7. The number of rotatable bonds is 3. The monoisotopic (exact) mass is 489 g/mol. The van der Waals surface area contributed by atoms with E-state index in [2.05, 4.69) is 9.97 Å². The van der Waals surface area contributed by atoms with Gasteiger partial charge in [-0.15, -0.1) is 0 Å². The maximum absolute atomic E-state index is 14.9. The molecule has 174 valence electrons. The van der Waals surface area contributed by atoms with E-state index in [-0.39, 0.29) is 0 Å². The topological polar surface area (TPSA) is 84.3 Å². The maximum Gasteiger partial charge on any atom is 0.386 e. The minimum atomic E-state index is -1.73. The second-order valence-corrected chi connectivity index (χ2v) is 9.72. The lowest BCUT2D eigenvalue weighted by molar-refractivity contribution is 0.534. The minimum absolute atomic E-state index is 0.399. The number of hydrogen-bond donors (Lipinski definition) is 0. The molecular formula is C27H19N7OS. The van der Waals surface area contributed by atoms with Crippen molar-refractivity contribution >= 4 is 45.7 Å². The summed E-state index contributed by atoms with van der Waals surface area (Å²) >= 11 is -1.73. The van der Waals surface area contributed by atoms with E-state index in [1.165, 1.54) is 0 Å². The van der Waals surface area contributed by atoms with Crippen LogP contribution in [0.2, 0.25) is 0 Å². The number of benzene rings is 3. The van der Waals surface area contributed by atoms with Crippen LogP contribution >= 0.6 is 0 Å². The Morgan fingerprint density at radius 2 is 0.861 bits per heavy atom. The molecule has 7 rings (SSSR count). The number of para-hydroxylation sites is 3. The zero-order chi connectivity index (χ0) is 24.1. The van der Waals surface area contributed by atoms with Crippen LogP contribution in [0.3, 0.4) is 0 Å². The third-order valence-corrected chi connectivity index (χ3v) is 7.97. The van der Waals surface area contributed by atoms with E-state index in [1.807, 2.05) is 106 Å². The molecule has 0 saturated carbocycles. The molecule has 36 heavy (non-hydrogen) atoms. The van der Waals surface area contributed by atoms with Gasteiger partial charge in [-0.2, -0.15) is 0 Å². The molecule has 0 amide bonds. The first-order chi connectivity index (χ1) is 17.8. The second kappa shape index (κ2) is 8.04. The van der Waals surface area contributed by atoms with Gasteiger partial charge in [0.05, 0.1) is 34.4 Å². The third-order valence-electron chi connectivity index (χ3n) is 6.28. The molecule has 2 aliphatic rings. The van der Waals surface area contributed by atoms with Gasteiger partial charge in [0.25, 0.3) is 5.03 Å². The molecule has 3 aromatic carbocycles. The Bertz CT molecular complexity index is 1410. The Balaban J connectivity index is 1.63. The van der Waals surface area contributed by atoms with Crippen molar-refractivity contribution < 1.29 is 4.55 Å². The fraction of sp³-hybridized carbons (Fsp3) is 0.0370. The van der Waals surface area contributed by atoms with Crippen molar-refractivity contribution in [2.45, 2.75) is 10.1 Å². The highest BCUT2D eigenvalue weighted by atomic mass is 32.2. The molecule has 0 aliphatic carbocycles. The lowest BCUT2D eigenvalue weighted by Gasteiger charge is -2.44. The van der Waals surface area contributed by atoms with Gasteiger partial charge in [-0.25, -0.2) is 34.6 Å². The van der Waals surface area contributed by atoms with E-state index < -0.39 is 16.3 Å². The normalized spacial score (nSPS) is 17.4. The lowest BCUT2D eigenvalue weighted by Crippen LogP contribution is -2.66. The van der Waals surface area contributed by atoms with Crippen molar-refractivity contribution in [3.8, 4) is 0 Å². The fourth-order valence-electron chi connectivity index (χ4n) is 4.94. The van der Waals surface area contributed by atoms with Gasteiger partial charge in [-0.05, 0) is 36.4 Å².